The van der Waals surface area contributed by atoms with Crippen LogP contribution in [0.25, 0.3) is 11.2 Å². The zero-order chi connectivity index (χ0) is 28.4. The van der Waals surface area contributed by atoms with Crippen molar-refractivity contribution < 1.29 is 28.1 Å². The second-order valence-corrected chi connectivity index (χ2v) is 10.2. The van der Waals surface area contributed by atoms with E-state index in [0.717, 1.165) is 24.0 Å². The summed E-state index contributed by atoms with van der Waals surface area (Å²) < 4.78 is 41.2. The lowest BCUT2D eigenvalue weighted by Gasteiger charge is -2.32. The molecule has 1 saturated carbocycles. The molecule has 4 atom stereocenters. The molecule has 1 aliphatic carbocycles. The normalized spacial score (nSPS) is 23.6. The van der Waals surface area contributed by atoms with Gasteiger partial charge in [-0.2, -0.15) is 14.4 Å². The van der Waals surface area contributed by atoms with Crippen molar-refractivity contribution in [2.75, 3.05) is 12.3 Å². The molecule has 212 valence electrons. The molecular weight excluding hydrogens is 529 g/mol. The molecule has 4 unspecified atom stereocenters. The van der Waals surface area contributed by atoms with E-state index in [4.69, 9.17) is 24.7 Å². The predicted molar refractivity (Wildman–Crippen MR) is 147 cm³/mol. The second kappa shape index (κ2) is 11.4. The van der Waals surface area contributed by atoms with Crippen molar-refractivity contribution in [2.45, 2.75) is 57.0 Å². The average Bonchev–Trinajstić information content (AvgIpc) is 3.59. The van der Waals surface area contributed by atoms with E-state index in [1.54, 1.807) is 0 Å². The summed E-state index contributed by atoms with van der Waals surface area (Å²) in [6, 6.07) is 19.5. The van der Waals surface area contributed by atoms with Crippen LogP contribution in [-0.4, -0.2) is 49.9 Å². The van der Waals surface area contributed by atoms with Gasteiger partial charge in [-0.1, -0.05) is 66.2 Å². The summed E-state index contributed by atoms with van der Waals surface area (Å²) in [5.74, 6) is -0.635. The number of nitrogen functional groups attached to an aromatic ring is 1. The minimum absolute atomic E-state index is 0.108. The number of fused-ring (bicyclic) bond motifs is 1. The van der Waals surface area contributed by atoms with E-state index < -0.39 is 36.1 Å². The molecule has 2 aromatic carbocycles. The van der Waals surface area contributed by atoms with Crippen LogP contribution in [0.15, 0.2) is 78.6 Å². The number of aromatic nitrogens is 4. The minimum atomic E-state index is -1.14. The molecule has 0 radical (unpaired) electrons. The number of nitrogens with two attached hydrogens (primary N) is 1. The first-order valence-corrected chi connectivity index (χ1v) is 13.4. The van der Waals surface area contributed by atoms with E-state index >= 15 is 0 Å². The molecule has 2 fully saturated rings. The van der Waals surface area contributed by atoms with Gasteiger partial charge in [-0.3, -0.25) is 9.36 Å². The van der Waals surface area contributed by atoms with Crippen molar-refractivity contribution in [3.63, 3.8) is 0 Å². The van der Waals surface area contributed by atoms with Crippen LogP contribution < -0.4 is 5.73 Å². The lowest BCUT2D eigenvalue weighted by atomic mass is 9.94. The molecule has 0 spiro atoms. The quantitative estimate of drug-likeness (QED) is 0.172. The molecule has 2 aromatic heterocycles. The van der Waals surface area contributed by atoms with Crippen LogP contribution in [0.1, 0.15) is 37.1 Å². The molecule has 6 rings (SSSR count). The largest absolute Gasteiger partial charge is 0.455 e. The number of esters is 1. The molecule has 41 heavy (non-hydrogen) atoms. The average molecular weight is 560 g/mol. The Morgan fingerprint density at radius 2 is 1.78 bits per heavy atom. The van der Waals surface area contributed by atoms with Gasteiger partial charge in [-0.25, -0.2) is 4.98 Å². The first kappa shape index (κ1) is 27.0. The third-order valence-corrected chi connectivity index (χ3v) is 7.10. The van der Waals surface area contributed by atoms with Crippen LogP contribution in [0, 0.1) is 6.08 Å². The van der Waals surface area contributed by atoms with E-state index in [0.29, 0.717) is 6.61 Å². The van der Waals surface area contributed by atoms with Gasteiger partial charge in [0.15, 0.2) is 29.3 Å². The summed E-state index contributed by atoms with van der Waals surface area (Å²) in [5.41, 5.74) is 8.21. The molecule has 0 bridgehead atoms. The number of halogens is 1. The molecule has 1 saturated heterocycles. The zero-order valence-electron chi connectivity index (χ0n) is 22.5. The Kier molecular flexibility index (Phi) is 7.48. The highest BCUT2D eigenvalue weighted by molar-refractivity contribution is 5.81. The summed E-state index contributed by atoms with van der Waals surface area (Å²) in [4.78, 5) is 24.2. The Morgan fingerprint density at radius 1 is 1.10 bits per heavy atom. The lowest BCUT2D eigenvalue weighted by Crippen LogP contribution is -2.48. The zero-order valence-corrected chi connectivity index (χ0v) is 22.5. The highest BCUT2D eigenvalue weighted by Crippen LogP contribution is 2.46. The lowest BCUT2D eigenvalue weighted by molar-refractivity contribution is -0.158. The highest BCUT2D eigenvalue weighted by atomic mass is 19.1. The summed E-state index contributed by atoms with van der Waals surface area (Å²) in [6.07, 6.45) is 1.55. The second-order valence-electron chi connectivity index (χ2n) is 10.2. The Morgan fingerprint density at radius 3 is 2.44 bits per heavy atom. The Labute approximate surface area is 235 Å². The molecular formula is C30H30FN5O5. The molecule has 3 heterocycles. The van der Waals surface area contributed by atoms with Crippen LogP contribution >= 0.6 is 0 Å². The van der Waals surface area contributed by atoms with Crippen LogP contribution in [0.5, 0.6) is 0 Å². The number of carbonyl (C=O) groups is 1. The van der Waals surface area contributed by atoms with Crippen molar-refractivity contribution in [2.24, 2.45) is 0 Å². The fraction of sp³-hybridized carbons (Fsp3) is 0.333. The van der Waals surface area contributed by atoms with Crippen LogP contribution in [-0.2, 0) is 37.0 Å². The molecule has 11 heteroatoms. The van der Waals surface area contributed by atoms with Gasteiger partial charge in [-0.15, -0.1) is 0 Å². The van der Waals surface area contributed by atoms with E-state index in [-0.39, 0.29) is 30.2 Å². The fourth-order valence-electron chi connectivity index (χ4n) is 5.14. The number of imidazole rings is 1. The highest BCUT2D eigenvalue weighted by Gasteiger charge is 2.58. The van der Waals surface area contributed by atoms with Crippen LogP contribution in [0.2, 0.25) is 0 Å². The standard InChI is InChI=1S/C30H30FN5O5/c1-19(37)40-24-25(39-16-22-10-6-3-7-11-22)30(14-20-12-13-20,17-38-15-21-8-4-2-5-9-21)41-28(24)36-18-33-23-26(32)34-29(31)35-27(23)36/h2-11,14,18,24-25,28H,12-13,15-17H2,1H3,(H2,32,34,35). The maximum absolute atomic E-state index is 14.3. The topological polar surface area (TPSA) is 124 Å². The maximum atomic E-state index is 14.3. The Hall–Kier alpha value is -4.19. The first-order valence-electron chi connectivity index (χ1n) is 13.4. The Balaban J connectivity index is 1.41. The third kappa shape index (κ3) is 5.83. The maximum Gasteiger partial charge on any atom is 0.312 e. The number of benzene rings is 2. The van der Waals surface area contributed by atoms with Gasteiger partial charge in [0.1, 0.15) is 11.7 Å². The molecule has 4 aromatic rings. The molecule has 10 nitrogen and oxygen atoms in total. The summed E-state index contributed by atoms with van der Waals surface area (Å²) in [7, 11) is 0. The van der Waals surface area contributed by atoms with E-state index in [2.05, 4.69) is 15.0 Å². The van der Waals surface area contributed by atoms with Gasteiger partial charge in [0.25, 0.3) is 0 Å². The van der Waals surface area contributed by atoms with Crippen molar-refractivity contribution in [3.8, 4) is 0 Å². The fourth-order valence-corrected chi connectivity index (χ4v) is 5.14. The smallest absolute Gasteiger partial charge is 0.312 e. The van der Waals surface area contributed by atoms with E-state index in [1.165, 1.54) is 23.4 Å². The van der Waals surface area contributed by atoms with Gasteiger partial charge >= 0.3 is 12.0 Å². The van der Waals surface area contributed by atoms with E-state index in [1.807, 2.05) is 66.7 Å². The van der Waals surface area contributed by atoms with Crippen molar-refractivity contribution in [3.05, 3.63) is 95.8 Å². The Bertz CT molecular complexity index is 1560. The molecule has 2 N–H and O–H groups in total. The van der Waals surface area contributed by atoms with Gasteiger partial charge in [-0.05, 0) is 30.0 Å². The molecule has 0 amide bonds. The van der Waals surface area contributed by atoms with Crippen LogP contribution in [0.4, 0.5) is 10.2 Å². The van der Waals surface area contributed by atoms with Gasteiger partial charge in [0, 0.05) is 6.92 Å². The van der Waals surface area contributed by atoms with Gasteiger partial charge < -0.3 is 24.7 Å². The van der Waals surface area contributed by atoms with E-state index in [9.17, 15) is 9.18 Å². The first-order chi connectivity index (χ1) is 19.9. The van der Waals surface area contributed by atoms with Gasteiger partial charge in [0.2, 0.25) is 0 Å². The number of anilines is 1. The van der Waals surface area contributed by atoms with Crippen molar-refractivity contribution >= 4 is 23.0 Å². The van der Waals surface area contributed by atoms with Crippen molar-refractivity contribution in [1.82, 2.24) is 19.5 Å². The number of allylic oxidation sites excluding steroid dienone is 1. The number of rotatable bonds is 10. The number of hydrogen-bond donors (Lipinski definition) is 1. The van der Waals surface area contributed by atoms with Crippen molar-refractivity contribution in [1.29, 1.82) is 0 Å². The summed E-state index contributed by atoms with van der Waals surface area (Å²) in [5, 5.41) is 0. The molecule has 1 aliphatic heterocycles. The minimum Gasteiger partial charge on any atom is -0.455 e. The van der Waals surface area contributed by atoms with Crippen LogP contribution in [0.3, 0.4) is 0 Å². The number of carbonyl (C=O) groups excluding carboxylic acids is 1. The number of hydrogen-bond acceptors (Lipinski definition) is 9. The van der Waals surface area contributed by atoms with Gasteiger partial charge in [0.05, 0.1) is 26.1 Å². The summed E-state index contributed by atoms with van der Waals surface area (Å²) in [6.45, 7) is 2.00. The third-order valence-electron chi connectivity index (χ3n) is 7.10. The summed E-state index contributed by atoms with van der Waals surface area (Å²) >= 11 is 0. The molecule has 2 aliphatic rings. The number of nitrogens with zero attached hydrogens (tertiary/aromatic N) is 4. The number of ether oxygens (including phenoxy) is 4. The monoisotopic (exact) mass is 559 g/mol. The predicted octanol–water partition coefficient (Wildman–Crippen LogP) is 4.27. The SMILES string of the molecule is CC(=O)OC1C(n2cnc3c(N)nc(F)nc32)OC(C=C2CC2)(COCc2ccccc2)C1OCc1ccccc1.